The first kappa shape index (κ1) is 17.8. The van der Waals surface area contributed by atoms with Crippen molar-refractivity contribution in [2.75, 3.05) is 6.61 Å². The van der Waals surface area contributed by atoms with Crippen LogP contribution < -0.4 is 5.32 Å². The third-order valence-corrected chi connectivity index (χ3v) is 3.62. The minimum Gasteiger partial charge on any atom is -0.452 e. The van der Waals surface area contributed by atoms with Crippen molar-refractivity contribution in [2.24, 2.45) is 0 Å². The van der Waals surface area contributed by atoms with Gasteiger partial charge >= 0.3 is 5.97 Å². The summed E-state index contributed by atoms with van der Waals surface area (Å²) in [6.45, 7) is 2.07. The minimum atomic E-state index is -0.573. The third-order valence-electron chi connectivity index (χ3n) is 3.36. The van der Waals surface area contributed by atoms with E-state index >= 15 is 0 Å². The van der Waals surface area contributed by atoms with Crippen molar-refractivity contribution in [3.05, 3.63) is 76.3 Å². The number of rotatable bonds is 6. The number of ether oxygens (including phenoxy) is 1. The summed E-state index contributed by atoms with van der Waals surface area (Å²) in [6, 6.07) is 14.8. The first-order valence-corrected chi connectivity index (χ1v) is 7.84. The van der Waals surface area contributed by atoms with Gasteiger partial charge in [0.1, 0.15) is 0 Å². The lowest BCUT2D eigenvalue weighted by Crippen LogP contribution is -2.28. The van der Waals surface area contributed by atoms with Gasteiger partial charge in [-0.2, -0.15) is 0 Å². The number of amides is 1. The fraction of sp³-hybridized carbons (Fsp3) is 0.158. The van der Waals surface area contributed by atoms with Crippen LogP contribution >= 0.6 is 11.6 Å². The van der Waals surface area contributed by atoms with Crippen molar-refractivity contribution in [1.82, 2.24) is 5.32 Å². The van der Waals surface area contributed by atoms with Crippen LogP contribution in [0.25, 0.3) is 6.08 Å². The number of hydrogen-bond donors (Lipinski definition) is 1. The lowest BCUT2D eigenvalue weighted by molar-refractivity contribution is -0.143. The molecule has 0 atom stereocenters. The van der Waals surface area contributed by atoms with E-state index in [0.29, 0.717) is 11.6 Å². The highest BCUT2D eigenvalue weighted by Gasteiger charge is 2.05. The SMILES string of the molecule is Cc1ccccc1CNC(=O)COC(=O)/C=C/c1ccc(Cl)cc1. The van der Waals surface area contributed by atoms with Crippen LogP contribution in [0.15, 0.2) is 54.6 Å². The Labute approximate surface area is 146 Å². The van der Waals surface area contributed by atoms with Gasteiger partial charge in [-0.25, -0.2) is 4.79 Å². The quantitative estimate of drug-likeness (QED) is 0.645. The highest BCUT2D eigenvalue weighted by Crippen LogP contribution is 2.10. The Morgan fingerprint density at radius 1 is 1.12 bits per heavy atom. The molecular formula is C19H18ClNO3. The average Bonchev–Trinajstić information content (AvgIpc) is 2.58. The summed E-state index contributed by atoms with van der Waals surface area (Å²) in [5, 5.41) is 3.35. The molecule has 1 N–H and O–H groups in total. The molecule has 2 rings (SSSR count). The van der Waals surface area contributed by atoms with Gasteiger partial charge in [-0.3, -0.25) is 4.79 Å². The second kappa shape index (κ2) is 8.89. The van der Waals surface area contributed by atoms with Crippen molar-refractivity contribution in [1.29, 1.82) is 0 Å². The molecule has 4 nitrogen and oxygen atoms in total. The number of esters is 1. The maximum absolute atomic E-state index is 11.7. The first-order valence-electron chi connectivity index (χ1n) is 7.46. The van der Waals surface area contributed by atoms with Crippen LogP contribution in [0, 0.1) is 6.92 Å². The fourth-order valence-electron chi connectivity index (χ4n) is 1.98. The second-order valence-electron chi connectivity index (χ2n) is 5.20. The van der Waals surface area contributed by atoms with Gasteiger partial charge in [0.05, 0.1) is 0 Å². The molecule has 0 saturated carbocycles. The van der Waals surface area contributed by atoms with E-state index in [1.807, 2.05) is 31.2 Å². The van der Waals surface area contributed by atoms with Gasteiger partial charge in [0.15, 0.2) is 6.61 Å². The predicted molar refractivity (Wildman–Crippen MR) is 94.5 cm³/mol. The number of carbonyl (C=O) groups is 2. The normalized spacial score (nSPS) is 10.6. The van der Waals surface area contributed by atoms with E-state index in [4.69, 9.17) is 16.3 Å². The van der Waals surface area contributed by atoms with Crippen LogP contribution in [0.1, 0.15) is 16.7 Å². The van der Waals surface area contributed by atoms with Crippen molar-refractivity contribution >= 4 is 29.6 Å². The third kappa shape index (κ3) is 5.89. The van der Waals surface area contributed by atoms with Gasteiger partial charge in [0.25, 0.3) is 5.91 Å². The maximum Gasteiger partial charge on any atom is 0.331 e. The summed E-state index contributed by atoms with van der Waals surface area (Å²) in [6.07, 6.45) is 2.88. The van der Waals surface area contributed by atoms with Crippen LogP contribution in [0.3, 0.4) is 0 Å². The van der Waals surface area contributed by atoms with E-state index in [0.717, 1.165) is 16.7 Å². The zero-order valence-corrected chi connectivity index (χ0v) is 14.0. The molecule has 124 valence electrons. The summed E-state index contributed by atoms with van der Waals surface area (Å²) < 4.78 is 4.90. The summed E-state index contributed by atoms with van der Waals surface area (Å²) >= 11 is 5.78. The molecule has 0 aliphatic rings. The number of carbonyl (C=O) groups excluding carboxylic acids is 2. The van der Waals surface area contributed by atoms with Crippen LogP contribution in [-0.2, 0) is 20.9 Å². The minimum absolute atomic E-state index is 0.310. The lowest BCUT2D eigenvalue weighted by atomic mass is 10.1. The molecule has 1 amide bonds. The van der Waals surface area contributed by atoms with Crippen molar-refractivity contribution in [3.63, 3.8) is 0 Å². The van der Waals surface area contributed by atoms with Crippen LogP contribution in [-0.4, -0.2) is 18.5 Å². The molecule has 0 aliphatic heterocycles. The largest absolute Gasteiger partial charge is 0.452 e. The highest BCUT2D eigenvalue weighted by molar-refractivity contribution is 6.30. The Balaban J connectivity index is 1.74. The molecule has 0 unspecified atom stereocenters. The molecule has 0 fully saturated rings. The number of benzene rings is 2. The topological polar surface area (TPSA) is 55.4 Å². The van der Waals surface area contributed by atoms with Crippen LogP contribution in [0.2, 0.25) is 5.02 Å². The summed E-state index contributed by atoms with van der Waals surface area (Å²) in [5.41, 5.74) is 2.95. The Bertz CT molecular complexity index is 739. The van der Waals surface area contributed by atoms with E-state index in [1.165, 1.54) is 6.08 Å². The highest BCUT2D eigenvalue weighted by atomic mass is 35.5. The lowest BCUT2D eigenvalue weighted by Gasteiger charge is -2.07. The van der Waals surface area contributed by atoms with Crippen molar-refractivity contribution < 1.29 is 14.3 Å². The summed E-state index contributed by atoms with van der Waals surface area (Å²) in [5.74, 6) is -0.914. The molecule has 2 aromatic carbocycles. The Kier molecular flexibility index (Phi) is 6.58. The zero-order chi connectivity index (χ0) is 17.4. The van der Waals surface area contributed by atoms with Gasteiger partial charge < -0.3 is 10.1 Å². The molecular weight excluding hydrogens is 326 g/mol. The van der Waals surface area contributed by atoms with Gasteiger partial charge in [-0.05, 0) is 41.8 Å². The summed E-state index contributed by atoms with van der Waals surface area (Å²) in [4.78, 5) is 23.3. The van der Waals surface area contributed by atoms with E-state index < -0.39 is 5.97 Å². The molecule has 0 spiro atoms. The Hall–Kier alpha value is -2.59. The number of nitrogens with one attached hydrogen (secondary N) is 1. The van der Waals surface area contributed by atoms with Gasteiger partial charge in [-0.1, -0.05) is 48.0 Å². The molecule has 0 aromatic heterocycles. The standard InChI is InChI=1S/C19H18ClNO3/c1-14-4-2-3-5-16(14)12-21-18(22)13-24-19(23)11-8-15-6-9-17(20)10-7-15/h2-11H,12-13H2,1H3,(H,21,22)/b11-8+. The van der Waals surface area contributed by atoms with Gasteiger partial charge in [-0.15, -0.1) is 0 Å². The Morgan fingerprint density at radius 3 is 2.54 bits per heavy atom. The average molecular weight is 344 g/mol. The van der Waals surface area contributed by atoms with Crippen LogP contribution in [0.5, 0.6) is 0 Å². The van der Waals surface area contributed by atoms with Crippen molar-refractivity contribution in [2.45, 2.75) is 13.5 Å². The van der Waals surface area contributed by atoms with Gasteiger partial charge in [0.2, 0.25) is 0 Å². The van der Waals surface area contributed by atoms with Gasteiger partial charge in [0, 0.05) is 17.6 Å². The second-order valence-corrected chi connectivity index (χ2v) is 5.63. The molecule has 5 heteroatoms. The molecule has 0 bridgehead atoms. The maximum atomic E-state index is 11.7. The number of halogens is 1. The monoisotopic (exact) mass is 343 g/mol. The molecule has 24 heavy (non-hydrogen) atoms. The number of hydrogen-bond acceptors (Lipinski definition) is 3. The van der Waals surface area contributed by atoms with Crippen LogP contribution in [0.4, 0.5) is 0 Å². The Morgan fingerprint density at radius 2 is 1.83 bits per heavy atom. The van der Waals surface area contributed by atoms with E-state index in [1.54, 1.807) is 30.3 Å². The molecule has 0 heterocycles. The molecule has 0 aliphatic carbocycles. The smallest absolute Gasteiger partial charge is 0.331 e. The zero-order valence-electron chi connectivity index (χ0n) is 13.3. The molecule has 2 aromatic rings. The van der Waals surface area contributed by atoms with E-state index in [9.17, 15) is 9.59 Å². The van der Waals surface area contributed by atoms with E-state index in [-0.39, 0.29) is 12.5 Å². The predicted octanol–water partition coefficient (Wildman–Crippen LogP) is 3.52. The van der Waals surface area contributed by atoms with E-state index in [2.05, 4.69) is 5.32 Å². The number of aryl methyl sites for hydroxylation is 1. The summed E-state index contributed by atoms with van der Waals surface area (Å²) in [7, 11) is 0. The molecule has 0 saturated heterocycles. The fourth-order valence-corrected chi connectivity index (χ4v) is 2.10. The first-order chi connectivity index (χ1) is 11.5. The van der Waals surface area contributed by atoms with Crippen molar-refractivity contribution in [3.8, 4) is 0 Å². The molecule has 0 radical (unpaired) electrons.